The van der Waals surface area contributed by atoms with Gasteiger partial charge in [0.15, 0.2) is 5.75 Å². The first kappa shape index (κ1) is 21.5. The fourth-order valence-electron chi connectivity index (χ4n) is 2.52. The van der Waals surface area contributed by atoms with Gasteiger partial charge in [0.25, 0.3) is 0 Å². The van der Waals surface area contributed by atoms with Crippen LogP contribution >= 0.6 is 0 Å². The van der Waals surface area contributed by atoms with Crippen molar-refractivity contribution in [1.29, 1.82) is 0 Å². The Balaban J connectivity index is 0.00000261. The fraction of sp³-hybridized carbons (Fsp3) is 0.0556. The van der Waals surface area contributed by atoms with Gasteiger partial charge in [-0.25, -0.2) is 4.79 Å². The zero-order valence-electron chi connectivity index (χ0n) is 16.2. The molecule has 0 spiro atoms. The van der Waals surface area contributed by atoms with Crippen molar-refractivity contribution in [3.63, 3.8) is 0 Å². The number of aromatic hydroxyl groups is 1. The van der Waals surface area contributed by atoms with Crippen LogP contribution in [0.5, 0.6) is 5.75 Å². The van der Waals surface area contributed by atoms with Gasteiger partial charge < -0.3 is 17.6 Å². The Morgan fingerprint density at radius 3 is 2.52 bits per heavy atom. The Labute approximate surface area is 190 Å². The molecule has 0 radical (unpaired) electrons. The zero-order valence-corrected chi connectivity index (χ0v) is 17.3. The predicted octanol–water partition coefficient (Wildman–Crippen LogP) is 4.05. The van der Waals surface area contributed by atoms with Crippen LogP contribution in [0.1, 0.15) is 18.8 Å². The largest absolute Gasteiger partial charge is 2.00 e. The second-order valence-corrected chi connectivity index (χ2v) is 6.46. The molecule has 27 heavy (non-hydrogen) atoms. The molecule has 0 aliphatic rings. The van der Waals surface area contributed by atoms with Crippen molar-refractivity contribution in [2.75, 3.05) is 0 Å². The molecule has 0 amide bonds. The normalized spacial score (nSPS) is 12.1. The smallest absolute Gasteiger partial charge is 1.00 e. The Morgan fingerprint density at radius 1 is 1.15 bits per heavy atom. The summed E-state index contributed by atoms with van der Waals surface area (Å²) >= 11 is -2.51. The second kappa shape index (κ2) is 8.90. The summed E-state index contributed by atoms with van der Waals surface area (Å²) in [6.45, 7) is 1.74. The van der Waals surface area contributed by atoms with Gasteiger partial charge in [-0.15, -0.1) is 10.2 Å². The molecule has 1 atom stereocenters. The molecule has 0 fully saturated rings. The summed E-state index contributed by atoms with van der Waals surface area (Å²) in [6, 6.07) is 12.7. The van der Waals surface area contributed by atoms with Crippen LogP contribution in [-0.2, 0) is 11.1 Å². The van der Waals surface area contributed by atoms with Crippen molar-refractivity contribution in [3.05, 3.63) is 59.7 Å². The number of phenols is 1. The molecule has 2 N–H and O–H groups in total. The number of carbonyl (C=O) groups is 1. The van der Waals surface area contributed by atoms with Crippen molar-refractivity contribution >= 4 is 76.9 Å². The van der Waals surface area contributed by atoms with E-state index in [1.54, 1.807) is 37.3 Å². The van der Waals surface area contributed by atoms with Crippen molar-refractivity contribution in [1.82, 2.24) is 0 Å². The molecule has 0 aliphatic heterocycles. The average molecular weight is 411 g/mol. The fourth-order valence-corrected chi connectivity index (χ4v) is 3.08. The Hall–Kier alpha value is -1.84. The van der Waals surface area contributed by atoms with Gasteiger partial charge in [0, 0.05) is 5.39 Å². The van der Waals surface area contributed by atoms with Gasteiger partial charge in [0.1, 0.15) is 16.9 Å². The minimum absolute atomic E-state index is 0. The van der Waals surface area contributed by atoms with Crippen LogP contribution in [0, 0.1) is 6.92 Å². The average Bonchev–Trinajstić information content (AvgIpc) is 2.61. The first-order chi connectivity index (χ1) is 12.4. The Morgan fingerprint density at radius 2 is 1.85 bits per heavy atom. The first-order valence-electron chi connectivity index (χ1n) is 7.48. The summed E-state index contributed by atoms with van der Waals surface area (Å²) in [5.74, 6) is -1.83. The van der Waals surface area contributed by atoms with E-state index in [4.69, 9.17) is 0 Å². The minimum Gasteiger partial charge on any atom is -1.00 e. The third-order valence-corrected chi connectivity index (χ3v) is 4.46. The van der Waals surface area contributed by atoms with Crippen LogP contribution in [0.15, 0.2) is 63.7 Å². The van der Waals surface area contributed by atoms with Gasteiger partial charge in [-0.2, -0.15) is 0 Å². The molecule has 0 aliphatic carbocycles. The summed E-state index contributed by atoms with van der Waals surface area (Å²) in [7, 11) is 0. The van der Waals surface area contributed by atoms with Crippen molar-refractivity contribution < 1.29 is 26.6 Å². The first-order valence-corrected chi connectivity index (χ1v) is 8.55. The van der Waals surface area contributed by atoms with Crippen molar-refractivity contribution in [2.45, 2.75) is 11.8 Å². The van der Waals surface area contributed by atoms with E-state index in [0.29, 0.717) is 10.8 Å². The third kappa shape index (κ3) is 4.53. The topological polar surface area (TPSA) is 122 Å². The van der Waals surface area contributed by atoms with E-state index in [1.165, 1.54) is 18.2 Å². The Kier molecular flexibility index (Phi) is 7.07. The number of carboxylic acids is 1. The van der Waals surface area contributed by atoms with Crippen LogP contribution < -0.4 is 0 Å². The van der Waals surface area contributed by atoms with Crippen LogP contribution in [0.4, 0.5) is 11.4 Å². The van der Waals surface area contributed by atoms with E-state index in [2.05, 4.69) is 10.2 Å². The summed E-state index contributed by atoms with van der Waals surface area (Å²) in [6.07, 6.45) is 0. The number of fused-ring (bicyclic) bond motifs is 1. The number of hydrogen-bond acceptors (Lipinski definition) is 6. The Bertz CT molecular complexity index is 1100. The number of nitrogens with zero attached hydrogens (tertiary/aromatic N) is 2. The molecule has 3 aromatic carbocycles. The summed E-state index contributed by atoms with van der Waals surface area (Å²) in [5, 5.41) is 28.5. The quantitative estimate of drug-likeness (QED) is 0.381. The van der Waals surface area contributed by atoms with E-state index in [0.717, 1.165) is 5.56 Å². The maximum absolute atomic E-state index is 11.4. The van der Waals surface area contributed by atoms with Crippen LogP contribution in [0.3, 0.4) is 0 Å². The molecule has 1 unspecified atom stereocenters. The van der Waals surface area contributed by atoms with E-state index >= 15 is 0 Å². The molecule has 136 valence electrons. The number of aromatic carboxylic acids is 1. The monoisotopic (exact) mass is 411 g/mol. The van der Waals surface area contributed by atoms with E-state index in [9.17, 15) is 23.8 Å². The number of rotatable bonds is 4. The molecule has 3 rings (SSSR count). The summed E-state index contributed by atoms with van der Waals surface area (Å²) in [5.41, 5.74) is 0.482. The minimum atomic E-state index is -2.51. The maximum Gasteiger partial charge on any atom is 2.00 e. The van der Waals surface area contributed by atoms with Gasteiger partial charge in [-0.05, 0) is 47.2 Å². The molecule has 0 bridgehead atoms. The number of benzene rings is 3. The van der Waals surface area contributed by atoms with Crippen LogP contribution in [0.2, 0.25) is 0 Å². The summed E-state index contributed by atoms with van der Waals surface area (Å²) in [4.78, 5) is 11.3. The summed E-state index contributed by atoms with van der Waals surface area (Å²) < 4.78 is 22.8. The van der Waals surface area contributed by atoms with E-state index in [1.807, 2.05) is 0 Å². The number of carboxylic acid groups (broad SMARTS) is 1. The molecule has 3 aromatic rings. The van der Waals surface area contributed by atoms with Crippen LogP contribution in [0.25, 0.3) is 10.8 Å². The molecule has 0 aromatic heterocycles. The number of hydrogen-bond donors (Lipinski definition) is 2. The standard InChI is InChI=1S/C18H14N2O5S.Ca.2H/c1-10-6-7-14(15(8-10)26(24)25)19-20-16-12-5-3-2-4-11(12)9-13(17(16)21)18(22)23;;;/h2-9,21H,1H3,(H,22,23)(H,24,25);;;/q;+2;2*-1/p-1. The SMILES string of the molecule is Cc1ccc(N=Nc2c(O)c(C(=O)O)cc3ccccc23)c(S(=O)[O-])c1.[Ca+2].[H-].[H-]. The molecule has 7 nitrogen and oxygen atoms in total. The van der Waals surface area contributed by atoms with Crippen LogP contribution in [-0.4, -0.2) is 62.7 Å². The van der Waals surface area contributed by atoms with Gasteiger partial charge in [0.05, 0.1) is 4.90 Å². The van der Waals surface area contributed by atoms with Gasteiger partial charge >= 0.3 is 43.7 Å². The van der Waals surface area contributed by atoms with Crippen molar-refractivity contribution in [3.8, 4) is 5.75 Å². The van der Waals surface area contributed by atoms with E-state index in [-0.39, 0.29) is 62.4 Å². The second-order valence-electron chi connectivity index (χ2n) is 5.55. The molecular weight excluding hydrogens is 396 g/mol. The van der Waals surface area contributed by atoms with Gasteiger partial charge in [-0.3, -0.25) is 4.21 Å². The van der Waals surface area contributed by atoms with Crippen molar-refractivity contribution in [2.24, 2.45) is 10.2 Å². The molecule has 0 heterocycles. The molecule has 0 saturated carbocycles. The molecular formula is C18H15CaN2O5S-. The predicted molar refractivity (Wildman–Crippen MR) is 103 cm³/mol. The van der Waals surface area contributed by atoms with Gasteiger partial charge in [0.2, 0.25) is 0 Å². The van der Waals surface area contributed by atoms with Gasteiger partial charge in [-0.1, -0.05) is 30.3 Å². The number of aryl methyl sites for hydroxylation is 1. The zero-order chi connectivity index (χ0) is 18.8. The molecule has 9 heteroatoms. The van der Waals surface area contributed by atoms with E-state index < -0.39 is 22.8 Å². The maximum atomic E-state index is 11.4. The number of azo groups is 1. The third-order valence-electron chi connectivity index (χ3n) is 3.78. The molecule has 0 saturated heterocycles.